The summed E-state index contributed by atoms with van der Waals surface area (Å²) in [6.07, 6.45) is 6.42. The molecular weight excluding hydrogens is 236 g/mol. The first-order valence-corrected chi connectivity index (χ1v) is 6.58. The van der Waals surface area contributed by atoms with E-state index >= 15 is 0 Å². The Kier molecular flexibility index (Phi) is 4.35. The number of ether oxygens (including phenoxy) is 1. The van der Waals surface area contributed by atoms with Crippen LogP contribution in [-0.2, 0) is 4.79 Å². The highest BCUT2D eigenvalue weighted by atomic mass is 16.5. The Hall–Kier alpha value is -2.09. The summed E-state index contributed by atoms with van der Waals surface area (Å²) in [5.41, 5.74) is 1.09. The molecule has 2 aromatic rings. The van der Waals surface area contributed by atoms with Crippen molar-refractivity contribution in [1.82, 2.24) is 0 Å². The minimum Gasteiger partial charge on any atom is -0.427 e. The van der Waals surface area contributed by atoms with Gasteiger partial charge in [0.1, 0.15) is 5.75 Å². The molecule has 0 N–H and O–H groups in total. The number of esters is 1. The van der Waals surface area contributed by atoms with Crippen LogP contribution in [0.1, 0.15) is 32.3 Å². The zero-order valence-corrected chi connectivity index (χ0v) is 11.3. The quantitative estimate of drug-likeness (QED) is 0.589. The summed E-state index contributed by atoms with van der Waals surface area (Å²) >= 11 is 0. The lowest BCUT2D eigenvalue weighted by Gasteiger charge is -2.07. The van der Waals surface area contributed by atoms with Gasteiger partial charge in [0.05, 0.1) is 0 Å². The van der Waals surface area contributed by atoms with Gasteiger partial charge < -0.3 is 4.74 Å². The van der Waals surface area contributed by atoms with Crippen molar-refractivity contribution in [3.63, 3.8) is 0 Å². The zero-order valence-electron chi connectivity index (χ0n) is 11.3. The van der Waals surface area contributed by atoms with E-state index in [1.165, 1.54) is 12.3 Å². The average molecular weight is 254 g/mol. The molecule has 0 aromatic heterocycles. The van der Waals surface area contributed by atoms with Crippen LogP contribution in [-0.4, -0.2) is 5.97 Å². The summed E-state index contributed by atoms with van der Waals surface area (Å²) < 4.78 is 5.20. The van der Waals surface area contributed by atoms with Gasteiger partial charge in [-0.3, -0.25) is 4.79 Å². The van der Waals surface area contributed by atoms with Crippen LogP contribution in [0, 0.1) is 0 Å². The van der Waals surface area contributed by atoms with E-state index in [-0.39, 0.29) is 5.97 Å². The second-order valence-electron chi connectivity index (χ2n) is 4.52. The summed E-state index contributed by atoms with van der Waals surface area (Å²) in [4.78, 5) is 11.1. The predicted molar refractivity (Wildman–Crippen MR) is 79.2 cm³/mol. The number of carbonyl (C=O) groups excluding carboxylic acids is 1. The van der Waals surface area contributed by atoms with Crippen molar-refractivity contribution in [2.45, 2.75) is 26.7 Å². The Morgan fingerprint density at radius 3 is 2.79 bits per heavy atom. The SMILES string of the molecule is CCCC=Cc1cc(OC(C)=O)cc2ccccc12. The van der Waals surface area contributed by atoms with E-state index in [2.05, 4.69) is 25.1 Å². The molecule has 0 heterocycles. The summed E-state index contributed by atoms with van der Waals surface area (Å²) in [7, 11) is 0. The van der Waals surface area contributed by atoms with E-state index in [4.69, 9.17) is 4.74 Å². The second-order valence-corrected chi connectivity index (χ2v) is 4.52. The maximum atomic E-state index is 11.1. The third-order valence-corrected chi connectivity index (χ3v) is 2.88. The molecule has 0 saturated carbocycles. The van der Waals surface area contributed by atoms with Crippen molar-refractivity contribution in [3.05, 3.63) is 48.0 Å². The normalized spacial score (nSPS) is 11.1. The topological polar surface area (TPSA) is 26.3 Å². The maximum absolute atomic E-state index is 11.1. The van der Waals surface area contributed by atoms with Gasteiger partial charge in [0.15, 0.2) is 0 Å². The fourth-order valence-electron chi connectivity index (χ4n) is 2.05. The molecule has 2 rings (SSSR count). The van der Waals surface area contributed by atoms with Crippen LogP contribution in [0.15, 0.2) is 42.5 Å². The monoisotopic (exact) mass is 254 g/mol. The number of fused-ring (bicyclic) bond motifs is 1. The highest BCUT2D eigenvalue weighted by molar-refractivity contribution is 5.92. The van der Waals surface area contributed by atoms with Crippen LogP contribution in [0.3, 0.4) is 0 Å². The zero-order chi connectivity index (χ0) is 13.7. The van der Waals surface area contributed by atoms with Gasteiger partial charge in [0.2, 0.25) is 0 Å². The molecule has 0 aliphatic carbocycles. The second kappa shape index (κ2) is 6.19. The first-order chi connectivity index (χ1) is 9.20. The van der Waals surface area contributed by atoms with Crippen molar-refractivity contribution >= 4 is 22.8 Å². The van der Waals surface area contributed by atoms with Gasteiger partial charge in [-0.25, -0.2) is 0 Å². The highest BCUT2D eigenvalue weighted by Crippen LogP contribution is 2.26. The number of hydrogen-bond donors (Lipinski definition) is 0. The van der Waals surface area contributed by atoms with E-state index < -0.39 is 0 Å². The third-order valence-electron chi connectivity index (χ3n) is 2.88. The Labute approximate surface area is 113 Å². The van der Waals surface area contributed by atoms with Crippen molar-refractivity contribution < 1.29 is 9.53 Å². The van der Waals surface area contributed by atoms with Gasteiger partial charge in [0.25, 0.3) is 0 Å². The molecule has 2 aromatic carbocycles. The Morgan fingerprint density at radius 1 is 1.26 bits per heavy atom. The number of hydrogen-bond acceptors (Lipinski definition) is 2. The number of rotatable bonds is 4. The molecule has 0 amide bonds. The van der Waals surface area contributed by atoms with Gasteiger partial charge in [-0.05, 0) is 34.9 Å². The van der Waals surface area contributed by atoms with E-state index in [1.54, 1.807) is 0 Å². The Balaban J connectivity index is 2.48. The highest BCUT2D eigenvalue weighted by Gasteiger charge is 2.04. The van der Waals surface area contributed by atoms with E-state index in [1.807, 2.05) is 30.3 Å². The summed E-state index contributed by atoms with van der Waals surface area (Å²) in [5.74, 6) is 0.307. The number of allylic oxidation sites excluding steroid dienone is 1. The molecule has 2 nitrogen and oxygen atoms in total. The van der Waals surface area contributed by atoms with E-state index in [0.717, 1.165) is 23.8 Å². The van der Waals surface area contributed by atoms with Gasteiger partial charge in [-0.1, -0.05) is 49.8 Å². The lowest BCUT2D eigenvalue weighted by atomic mass is 10.0. The van der Waals surface area contributed by atoms with Gasteiger partial charge in [-0.2, -0.15) is 0 Å². The Bertz CT molecular complexity index is 612. The van der Waals surface area contributed by atoms with E-state index in [0.29, 0.717) is 5.75 Å². The third kappa shape index (κ3) is 3.44. The molecule has 0 spiro atoms. The fourth-order valence-corrected chi connectivity index (χ4v) is 2.05. The molecule has 0 saturated heterocycles. The molecule has 0 bridgehead atoms. The van der Waals surface area contributed by atoms with Crippen LogP contribution in [0.2, 0.25) is 0 Å². The van der Waals surface area contributed by atoms with Crippen LogP contribution in [0.25, 0.3) is 16.8 Å². The first kappa shape index (κ1) is 13.3. The summed E-state index contributed by atoms with van der Waals surface area (Å²) in [6.45, 7) is 3.57. The molecule has 0 aliphatic heterocycles. The lowest BCUT2D eigenvalue weighted by molar-refractivity contribution is -0.131. The molecule has 0 unspecified atom stereocenters. The molecule has 98 valence electrons. The minimum absolute atomic E-state index is 0.293. The maximum Gasteiger partial charge on any atom is 0.308 e. The standard InChI is InChI=1S/C17H18O2/c1-3-4-5-8-14-11-16(19-13(2)18)12-15-9-6-7-10-17(14)15/h5-12H,3-4H2,1-2H3. The molecule has 0 aliphatic rings. The molecule has 0 atom stereocenters. The van der Waals surface area contributed by atoms with Crippen molar-refractivity contribution in [2.24, 2.45) is 0 Å². The largest absolute Gasteiger partial charge is 0.427 e. The molecular formula is C17H18O2. The van der Waals surface area contributed by atoms with Crippen molar-refractivity contribution in [2.75, 3.05) is 0 Å². The number of carbonyl (C=O) groups is 1. The summed E-state index contributed by atoms with van der Waals surface area (Å²) in [6, 6.07) is 11.9. The molecule has 2 heteroatoms. The van der Waals surface area contributed by atoms with Crippen molar-refractivity contribution in [1.29, 1.82) is 0 Å². The fraction of sp³-hybridized carbons (Fsp3) is 0.235. The van der Waals surface area contributed by atoms with Crippen LogP contribution < -0.4 is 4.74 Å². The van der Waals surface area contributed by atoms with E-state index in [9.17, 15) is 4.79 Å². The summed E-state index contributed by atoms with van der Waals surface area (Å²) in [5, 5.41) is 2.25. The minimum atomic E-state index is -0.293. The van der Waals surface area contributed by atoms with Gasteiger partial charge >= 0.3 is 5.97 Å². The molecule has 0 fully saturated rings. The van der Waals surface area contributed by atoms with Crippen molar-refractivity contribution in [3.8, 4) is 5.75 Å². The van der Waals surface area contributed by atoms with Gasteiger partial charge in [-0.15, -0.1) is 0 Å². The lowest BCUT2D eigenvalue weighted by Crippen LogP contribution is -2.01. The van der Waals surface area contributed by atoms with Crippen LogP contribution in [0.4, 0.5) is 0 Å². The van der Waals surface area contributed by atoms with Gasteiger partial charge in [0, 0.05) is 6.92 Å². The average Bonchev–Trinajstić information content (AvgIpc) is 2.38. The molecule has 19 heavy (non-hydrogen) atoms. The Morgan fingerprint density at radius 2 is 2.05 bits per heavy atom. The first-order valence-electron chi connectivity index (χ1n) is 6.58. The van der Waals surface area contributed by atoms with Crippen LogP contribution >= 0.6 is 0 Å². The van der Waals surface area contributed by atoms with Crippen LogP contribution in [0.5, 0.6) is 5.75 Å². The smallest absolute Gasteiger partial charge is 0.308 e. The molecule has 0 radical (unpaired) electrons. The predicted octanol–water partition coefficient (Wildman–Crippen LogP) is 4.58. The number of benzene rings is 2. The number of unbranched alkanes of at least 4 members (excludes halogenated alkanes) is 1.